The summed E-state index contributed by atoms with van der Waals surface area (Å²) >= 11 is 5.46. The Hall–Kier alpha value is -2.13. The highest BCUT2D eigenvalue weighted by Gasteiger charge is 2.23. The van der Waals surface area contributed by atoms with Crippen molar-refractivity contribution < 1.29 is 32.6 Å². The van der Waals surface area contributed by atoms with Crippen LogP contribution in [0.25, 0.3) is 0 Å². The van der Waals surface area contributed by atoms with Crippen LogP contribution in [0.4, 0.5) is 20.2 Å². The van der Waals surface area contributed by atoms with E-state index >= 15 is 0 Å². The van der Waals surface area contributed by atoms with Gasteiger partial charge in [-0.25, -0.2) is 4.79 Å². The van der Waals surface area contributed by atoms with E-state index in [1.807, 2.05) is 0 Å². The summed E-state index contributed by atoms with van der Waals surface area (Å²) in [7, 11) is 1.16. The highest BCUT2D eigenvalue weighted by atomic mass is 35.5. The number of rotatable bonds is 8. The molecular weight excluding hydrogens is 362 g/mol. The lowest BCUT2D eigenvalue weighted by Gasteiger charge is -2.27. The molecule has 0 unspecified atom stereocenters. The van der Waals surface area contributed by atoms with E-state index in [4.69, 9.17) is 16.3 Å². The topological polar surface area (TPSA) is 85.9 Å². The number of nitrogens with one attached hydrogen (secondary N) is 2. The van der Waals surface area contributed by atoms with Crippen molar-refractivity contribution in [2.45, 2.75) is 19.1 Å². The average molecular weight is 379 g/mol. The van der Waals surface area contributed by atoms with Gasteiger partial charge >= 0.3 is 12.6 Å². The first-order valence-electron chi connectivity index (χ1n) is 7.37. The molecule has 2 rings (SSSR count). The summed E-state index contributed by atoms with van der Waals surface area (Å²) in [5, 5.41) is 5.36. The molecule has 1 amide bonds. The number of methoxy groups -OCH3 is 1. The molecule has 10 heteroatoms. The molecule has 1 fully saturated rings. The van der Waals surface area contributed by atoms with E-state index in [1.165, 1.54) is 6.07 Å². The van der Waals surface area contributed by atoms with Crippen molar-refractivity contribution in [3.63, 3.8) is 0 Å². The van der Waals surface area contributed by atoms with Crippen LogP contribution in [0.1, 0.15) is 16.8 Å². The van der Waals surface area contributed by atoms with E-state index in [1.54, 1.807) is 0 Å². The number of carbonyl (C=O) groups is 2. The fourth-order valence-electron chi connectivity index (χ4n) is 2.15. The zero-order valence-corrected chi connectivity index (χ0v) is 14.1. The molecule has 25 heavy (non-hydrogen) atoms. The number of esters is 1. The normalized spacial score (nSPS) is 16.1. The van der Waals surface area contributed by atoms with Gasteiger partial charge in [0.2, 0.25) is 5.91 Å². The van der Waals surface area contributed by atoms with Gasteiger partial charge in [-0.1, -0.05) is 0 Å². The van der Waals surface area contributed by atoms with Crippen LogP contribution in [0.2, 0.25) is 0 Å². The summed E-state index contributed by atoms with van der Waals surface area (Å²) in [5.74, 6) is -2.11. The fourth-order valence-corrected chi connectivity index (χ4v) is 2.22. The largest absolute Gasteiger partial charge is 0.465 e. The molecule has 1 saturated heterocycles. The number of anilines is 2. The van der Waals surface area contributed by atoms with Crippen LogP contribution in [0.3, 0.4) is 0 Å². The Morgan fingerprint density at radius 3 is 2.68 bits per heavy atom. The molecule has 1 aromatic carbocycles. The number of ether oxygens (including phenoxy) is 3. The minimum Gasteiger partial charge on any atom is -0.465 e. The van der Waals surface area contributed by atoms with Crippen LogP contribution in [-0.2, 0) is 14.3 Å². The van der Waals surface area contributed by atoms with Gasteiger partial charge in [-0.2, -0.15) is 8.78 Å². The molecular formula is C15H17ClF2N2O5. The second kappa shape index (κ2) is 8.82. The Balaban J connectivity index is 2.39. The highest BCUT2D eigenvalue weighted by Crippen LogP contribution is 2.36. The predicted molar refractivity (Wildman–Crippen MR) is 86.6 cm³/mol. The number of hydrogen-bond acceptors (Lipinski definition) is 6. The summed E-state index contributed by atoms with van der Waals surface area (Å²) in [6, 6.07) is 2.43. The molecule has 0 aliphatic carbocycles. The van der Waals surface area contributed by atoms with Crippen LogP contribution in [-0.4, -0.2) is 50.7 Å². The lowest BCUT2D eigenvalue weighted by Crippen LogP contribution is -2.33. The van der Waals surface area contributed by atoms with E-state index in [-0.39, 0.29) is 34.7 Å². The first-order valence-corrected chi connectivity index (χ1v) is 7.90. The molecule has 7 nitrogen and oxygen atoms in total. The van der Waals surface area contributed by atoms with Crippen molar-refractivity contribution in [3.8, 4) is 5.75 Å². The van der Waals surface area contributed by atoms with Crippen LogP contribution >= 0.6 is 11.6 Å². The standard InChI is InChI=1S/C15H17ClF2N2O5/c1-23-14(22)8-4-10(19-7-9-2-3-24-9)13(20-12(21)6-16)11(5-8)25-15(17)18/h4-5,9,15,19H,2-3,6-7H2,1H3,(H,20,21)/t9-/m0/s1. The molecule has 0 saturated carbocycles. The summed E-state index contributed by atoms with van der Waals surface area (Å²) < 4.78 is 39.8. The Labute approximate surface area is 147 Å². The van der Waals surface area contributed by atoms with Gasteiger partial charge in [0, 0.05) is 13.2 Å². The summed E-state index contributed by atoms with van der Waals surface area (Å²) in [6.07, 6.45) is 0.797. The lowest BCUT2D eigenvalue weighted by atomic mass is 10.1. The number of hydrogen-bond donors (Lipinski definition) is 2. The Morgan fingerprint density at radius 1 is 1.44 bits per heavy atom. The molecule has 1 aliphatic heterocycles. The molecule has 0 bridgehead atoms. The third kappa shape index (κ3) is 5.17. The van der Waals surface area contributed by atoms with Gasteiger partial charge in [-0.15, -0.1) is 11.6 Å². The van der Waals surface area contributed by atoms with E-state index < -0.39 is 18.5 Å². The van der Waals surface area contributed by atoms with E-state index in [2.05, 4.69) is 20.1 Å². The van der Waals surface area contributed by atoms with Crippen molar-refractivity contribution in [2.75, 3.05) is 36.8 Å². The molecule has 2 N–H and O–H groups in total. The van der Waals surface area contributed by atoms with Crippen molar-refractivity contribution >= 4 is 34.9 Å². The Bertz CT molecular complexity index is 641. The first-order chi connectivity index (χ1) is 11.9. The summed E-state index contributed by atoms with van der Waals surface area (Å²) in [6.45, 7) is -2.14. The second-order valence-electron chi connectivity index (χ2n) is 5.11. The van der Waals surface area contributed by atoms with Crippen LogP contribution < -0.4 is 15.4 Å². The van der Waals surface area contributed by atoms with Gasteiger partial charge in [0.1, 0.15) is 11.6 Å². The van der Waals surface area contributed by atoms with Gasteiger partial charge in [-0.05, 0) is 18.6 Å². The smallest absolute Gasteiger partial charge is 0.387 e. The molecule has 0 aromatic heterocycles. The highest BCUT2D eigenvalue weighted by molar-refractivity contribution is 6.29. The monoisotopic (exact) mass is 378 g/mol. The molecule has 1 aliphatic rings. The maximum absolute atomic E-state index is 12.7. The predicted octanol–water partition coefficient (Wildman–Crippen LogP) is 2.45. The summed E-state index contributed by atoms with van der Waals surface area (Å²) in [4.78, 5) is 23.4. The average Bonchev–Trinajstić information content (AvgIpc) is 2.54. The third-order valence-corrected chi connectivity index (χ3v) is 3.68. The molecule has 1 heterocycles. The summed E-state index contributed by atoms with van der Waals surface area (Å²) in [5.41, 5.74) is 0.157. The van der Waals surface area contributed by atoms with Gasteiger partial charge in [0.05, 0.1) is 24.5 Å². The molecule has 0 radical (unpaired) electrons. The van der Waals surface area contributed by atoms with Crippen molar-refractivity contribution in [1.82, 2.24) is 0 Å². The van der Waals surface area contributed by atoms with Crippen LogP contribution in [0.5, 0.6) is 5.75 Å². The van der Waals surface area contributed by atoms with Gasteiger partial charge in [-0.3, -0.25) is 4.79 Å². The Kier molecular flexibility index (Phi) is 6.77. The number of alkyl halides is 3. The van der Waals surface area contributed by atoms with E-state index in [0.717, 1.165) is 19.6 Å². The second-order valence-corrected chi connectivity index (χ2v) is 5.38. The zero-order chi connectivity index (χ0) is 18.4. The van der Waals surface area contributed by atoms with Crippen LogP contribution in [0.15, 0.2) is 12.1 Å². The van der Waals surface area contributed by atoms with Gasteiger partial charge < -0.3 is 24.8 Å². The molecule has 1 aromatic rings. The SMILES string of the molecule is COC(=O)c1cc(NC[C@@H]2CCO2)c(NC(=O)CCl)c(OC(F)F)c1. The van der Waals surface area contributed by atoms with Crippen LogP contribution in [0, 0.1) is 0 Å². The maximum Gasteiger partial charge on any atom is 0.387 e. The van der Waals surface area contributed by atoms with E-state index in [0.29, 0.717) is 13.2 Å². The maximum atomic E-state index is 12.7. The van der Waals surface area contributed by atoms with Crippen molar-refractivity contribution in [1.29, 1.82) is 0 Å². The fraction of sp³-hybridized carbons (Fsp3) is 0.467. The number of halogens is 3. The third-order valence-electron chi connectivity index (χ3n) is 3.44. The number of carbonyl (C=O) groups excluding carboxylic acids is 2. The molecule has 138 valence electrons. The van der Waals surface area contributed by atoms with E-state index in [9.17, 15) is 18.4 Å². The van der Waals surface area contributed by atoms with Crippen molar-refractivity contribution in [3.05, 3.63) is 17.7 Å². The first kappa shape index (κ1) is 19.2. The molecule has 0 spiro atoms. The number of benzene rings is 1. The molecule has 1 atom stereocenters. The number of amides is 1. The van der Waals surface area contributed by atoms with Gasteiger partial charge in [0.25, 0.3) is 0 Å². The Morgan fingerprint density at radius 2 is 2.16 bits per heavy atom. The minimum atomic E-state index is -3.15. The van der Waals surface area contributed by atoms with Crippen molar-refractivity contribution in [2.24, 2.45) is 0 Å². The lowest BCUT2D eigenvalue weighted by molar-refractivity contribution is -0.114. The zero-order valence-electron chi connectivity index (χ0n) is 13.3. The quantitative estimate of drug-likeness (QED) is 0.534. The minimum absolute atomic E-state index is 0.0148. The van der Waals surface area contributed by atoms with Gasteiger partial charge in [0.15, 0.2) is 5.75 Å².